The number of aliphatic hydroxyl groups excluding tert-OH is 1. The molecule has 1 unspecified atom stereocenters. The highest BCUT2D eigenvalue weighted by Crippen LogP contribution is 2.42. The van der Waals surface area contributed by atoms with Crippen LogP contribution in [0.3, 0.4) is 0 Å². The minimum absolute atomic E-state index is 0.00548. The Hall–Kier alpha value is -4.11. The third-order valence-electron chi connectivity index (χ3n) is 5.34. The lowest BCUT2D eigenvalue weighted by molar-refractivity contribution is -0.132. The van der Waals surface area contributed by atoms with E-state index in [1.165, 1.54) is 49.8 Å². The molecule has 1 amide bonds. The monoisotopic (exact) mass is 467 g/mol. The number of carbonyl (C=O) groups is 2. The van der Waals surface area contributed by atoms with Crippen LogP contribution in [0.1, 0.15) is 17.4 Å². The van der Waals surface area contributed by atoms with Crippen LogP contribution in [0.25, 0.3) is 16.8 Å². The Bertz CT molecular complexity index is 1440. The first-order chi connectivity index (χ1) is 15.9. The molecule has 0 aliphatic carbocycles. The summed E-state index contributed by atoms with van der Waals surface area (Å²) in [6.07, 6.45) is 1.38. The fraction of sp³-hybridized carbons (Fsp3) is 0.0870. The number of benzene rings is 2. The van der Waals surface area contributed by atoms with Gasteiger partial charge in [0.25, 0.3) is 5.78 Å². The second-order valence-corrected chi connectivity index (χ2v) is 7.66. The average molecular weight is 468 g/mol. The maximum Gasteiger partial charge on any atom is 0.302 e. The van der Waals surface area contributed by atoms with Gasteiger partial charge in [-0.1, -0.05) is 11.6 Å². The molecular weight excluding hydrogens is 453 g/mol. The number of ketones is 1. The van der Waals surface area contributed by atoms with Gasteiger partial charge in [0.1, 0.15) is 29.1 Å². The maximum atomic E-state index is 13.6. The van der Waals surface area contributed by atoms with Crippen LogP contribution in [0, 0.1) is 5.82 Å². The second-order valence-electron chi connectivity index (χ2n) is 7.26. The van der Waals surface area contributed by atoms with Gasteiger partial charge in [-0.05, 0) is 48.5 Å². The van der Waals surface area contributed by atoms with Crippen molar-refractivity contribution in [3.63, 3.8) is 0 Å². The smallest absolute Gasteiger partial charge is 0.302 e. The van der Waals surface area contributed by atoms with Crippen LogP contribution in [0.2, 0.25) is 5.02 Å². The van der Waals surface area contributed by atoms with E-state index >= 15 is 0 Å². The van der Waals surface area contributed by atoms with Gasteiger partial charge in [0.15, 0.2) is 0 Å². The summed E-state index contributed by atoms with van der Waals surface area (Å²) in [5, 5.41) is 11.3. The number of amides is 1. The first kappa shape index (κ1) is 20.8. The summed E-state index contributed by atoms with van der Waals surface area (Å²) < 4.78 is 24.3. The molecule has 2 N–H and O–H groups in total. The predicted molar refractivity (Wildman–Crippen MR) is 118 cm³/mol. The summed E-state index contributed by atoms with van der Waals surface area (Å²) in [4.78, 5) is 34.4. The van der Waals surface area contributed by atoms with Crippen molar-refractivity contribution in [3.8, 4) is 5.75 Å². The van der Waals surface area contributed by atoms with Crippen LogP contribution in [0.15, 0.2) is 64.8 Å². The van der Waals surface area contributed by atoms with Gasteiger partial charge in [0.2, 0.25) is 5.95 Å². The summed E-state index contributed by atoms with van der Waals surface area (Å²) in [6, 6.07) is 10.4. The Morgan fingerprint density at radius 3 is 2.76 bits per heavy atom. The minimum Gasteiger partial charge on any atom is -0.507 e. The topological polar surface area (TPSA) is 109 Å². The number of furan rings is 1. The molecule has 2 aromatic heterocycles. The standard InChI is InChI=1S/C23H15ClFN3O5/c1-32-16-7-4-11(9-13(16)24)20(29)18-19(17-3-2-8-33-17)28(22(31)21(18)30)23-26-14-6-5-12(25)10-15(14)27-23/h2-10,19,29H,1H3,(H,26,27)/b20-18+. The number of halogens is 2. The summed E-state index contributed by atoms with van der Waals surface area (Å²) >= 11 is 6.18. The number of hydrogen-bond acceptors (Lipinski definition) is 6. The lowest BCUT2D eigenvalue weighted by atomic mass is 9.99. The lowest BCUT2D eigenvalue weighted by Gasteiger charge is -2.20. The molecule has 1 aliphatic rings. The molecule has 8 nitrogen and oxygen atoms in total. The molecule has 1 saturated heterocycles. The van der Waals surface area contributed by atoms with Crippen molar-refractivity contribution in [3.05, 3.63) is 82.5 Å². The number of ether oxygens (including phenoxy) is 1. The zero-order valence-electron chi connectivity index (χ0n) is 17.0. The highest BCUT2D eigenvalue weighted by molar-refractivity contribution is 6.51. The number of nitrogens with zero attached hydrogens (tertiary/aromatic N) is 2. The normalized spacial score (nSPS) is 17.8. The van der Waals surface area contributed by atoms with E-state index in [0.29, 0.717) is 16.8 Å². The number of rotatable bonds is 4. The summed E-state index contributed by atoms with van der Waals surface area (Å²) in [6.45, 7) is 0. The summed E-state index contributed by atoms with van der Waals surface area (Å²) in [7, 11) is 1.45. The van der Waals surface area contributed by atoms with E-state index < -0.39 is 29.3 Å². The molecule has 0 bridgehead atoms. The zero-order chi connectivity index (χ0) is 23.3. The quantitative estimate of drug-likeness (QED) is 0.258. The van der Waals surface area contributed by atoms with Crippen LogP contribution in [-0.4, -0.2) is 33.9 Å². The number of H-pyrrole nitrogens is 1. The molecule has 5 rings (SSSR count). The van der Waals surface area contributed by atoms with Gasteiger partial charge >= 0.3 is 5.91 Å². The molecule has 4 aromatic rings. The van der Waals surface area contributed by atoms with Gasteiger partial charge < -0.3 is 19.2 Å². The van der Waals surface area contributed by atoms with E-state index in [1.807, 2.05) is 0 Å². The van der Waals surface area contributed by atoms with Crippen molar-refractivity contribution in [2.24, 2.45) is 0 Å². The molecular formula is C23H15ClFN3O5. The maximum absolute atomic E-state index is 13.6. The number of anilines is 1. The Morgan fingerprint density at radius 1 is 1.24 bits per heavy atom. The van der Waals surface area contributed by atoms with Gasteiger partial charge in [-0.3, -0.25) is 14.5 Å². The second kappa shape index (κ2) is 7.79. The van der Waals surface area contributed by atoms with Crippen molar-refractivity contribution in [2.75, 3.05) is 12.0 Å². The van der Waals surface area contributed by atoms with Gasteiger partial charge in [-0.2, -0.15) is 0 Å². The van der Waals surface area contributed by atoms with Crippen molar-refractivity contribution in [2.45, 2.75) is 6.04 Å². The third-order valence-corrected chi connectivity index (χ3v) is 5.64. The van der Waals surface area contributed by atoms with Crippen molar-refractivity contribution in [1.82, 2.24) is 9.97 Å². The molecule has 0 radical (unpaired) electrons. The van der Waals surface area contributed by atoms with Gasteiger partial charge in [-0.25, -0.2) is 9.37 Å². The Labute approximate surface area is 190 Å². The van der Waals surface area contributed by atoms with Crippen LogP contribution < -0.4 is 9.64 Å². The highest BCUT2D eigenvalue weighted by atomic mass is 35.5. The largest absolute Gasteiger partial charge is 0.507 e. The van der Waals surface area contributed by atoms with Crippen LogP contribution in [0.4, 0.5) is 10.3 Å². The summed E-state index contributed by atoms with van der Waals surface area (Å²) in [5.74, 6) is -2.19. The van der Waals surface area contributed by atoms with Gasteiger partial charge in [-0.15, -0.1) is 0 Å². The summed E-state index contributed by atoms with van der Waals surface area (Å²) in [5.41, 5.74) is 0.741. The molecule has 10 heteroatoms. The first-order valence-corrected chi connectivity index (χ1v) is 10.1. The number of aliphatic hydroxyl groups is 1. The molecule has 0 spiro atoms. The zero-order valence-corrected chi connectivity index (χ0v) is 17.8. The molecule has 166 valence electrons. The number of fused-ring (bicyclic) bond motifs is 1. The predicted octanol–water partition coefficient (Wildman–Crippen LogP) is 4.58. The first-order valence-electron chi connectivity index (χ1n) is 9.72. The fourth-order valence-corrected chi connectivity index (χ4v) is 4.08. The molecule has 1 atom stereocenters. The number of imidazole rings is 1. The SMILES string of the molecule is COc1ccc(/C(O)=C2\C(=O)C(=O)N(c3nc4ccc(F)cc4[nH]3)C2c2ccco2)cc1Cl. The number of Topliss-reactive ketones (excluding diaryl/α,β-unsaturated/α-hetero) is 1. The molecule has 33 heavy (non-hydrogen) atoms. The van der Waals surface area contributed by atoms with Gasteiger partial charge in [0, 0.05) is 5.56 Å². The minimum atomic E-state index is -1.12. The Balaban J connectivity index is 1.70. The fourth-order valence-electron chi connectivity index (χ4n) is 3.82. The number of nitrogens with one attached hydrogen (secondary N) is 1. The molecule has 1 aliphatic heterocycles. The van der Waals surface area contributed by atoms with Crippen molar-refractivity contribution >= 4 is 46.0 Å². The highest BCUT2D eigenvalue weighted by Gasteiger charge is 2.49. The molecule has 3 heterocycles. The average Bonchev–Trinajstić information content (AvgIpc) is 3.52. The van der Waals surface area contributed by atoms with E-state index in [1.54, 1.807) is 12.1 Å². The Kier molecular flexibility index (Phi) is 4.90. The van der Waals surface area contributed by atoms with Gasteiger partial charge in [0.05, 0.1) is 35.0 Å². The van der Waals surface area contributed by atoms with Crippen molar-refractivity contribution in [1.29, 1.82) is 0 Å². The van der Waals surface area contributed by atoms with Crippen LogP contribution in [0.5, 0.6) is 5.75 Å². The molecule has 0 saturated carbocycles. The number of aromatic nitrogens is 2. The van der Waals surface area contributed by atoms with E-state index in [0.717, 1.165) is 4.90 Å². The number of aromatic amines is 1. The van der Waals surface area contributed by atoms with Crippen LogP contribution in [-0.2, 0) is 9.59 Å². The van der Waals surface area contributed by atoms with E-state index in [-0.39, 0.29) is 27.9 Å². The van der Waals surface area contributed by atoms with E-state index in [2.05, 4.69) is 9.97 Å². The van der Waals surface area contributed by atoms with Crippen molar-refractivity contribution < 1.29 is 28.2 Å². The van der Waals surface area contributed by atoms with E-state index in [9.17, 15) is 19.1 Å². The third kappa shape index (κ3) is 3.33. The lowest BCUT2D eigenvalue weighted by Crippen LogP contribution is -2.30. The Morgan fingerprint density at radius 2 is 2.06 bits per heavy atom. The van der Waals surface area contributed by atoms with Crippen LogP contribution >= 0.6 is 11.6 Å². The molecule has 2 aromatic carbocycles. The number of methoxy groups -OCH3 is 1. The number of hydrogen-bond donors (Lipinski definition) is 2. The number of carbonyl (C=O) groups excluding carboxylic acids is 2. The van der Waals surface area contributed by atoms with E-state index in [4.69, 9.17) is 20.8 Å². The molecule has 1 fully saturated rings.